The minimum absolute atomic E-state index is 0.127. The van der Waals surface area contributed by atoms with E-state index in [9.17, 15) is 19.5 Å². The fourth-order valence-electron chi connectivity index (χ4n) is 4.36. The zero-order chi connectivity index (χ0) is 19.9. The van der Waals surface area contributed by atoms with Crippen molar-refractivity contribution in [1.82, 2.24) is 14.5 Å². The molecule has 28 heavy (non-hydrogen) atoms. The van der Waals surface area contributed by atoms with Gasteiger partial charge in [-0.25, -0.2) is 4.98 Å². The number of likely N-dealkylation sites (tertiary alicyclic amines) is 1. The molecule has 0 spiro atoms. The number of para-hydroxylation sites is 1. The van der Waals surface area contributed by atoms with Gasteiger partial charge in [-0.05, 0) is 25.0 Å². The summed E-state index contributed by atoms with van der Waals surface area (Å²) in [6, 6.07) is 5.45. The van der Waals surface area contributed by atoms with E-state index in [0.717, 1.165) is 5.56 Å². The van der Waals surface area contributed by atoms with Gasteiger partial charge in [0.15, 0.2) is 0 Å². The van der Waals surface area contributed by atoms with Gasteiger partial charge >= 0.3 is 5.97 Å². The van der Waals surface area contributed by atoms with Crippen LogP contribution < -0.4 is 5.56 Å². The number of aryl methyl sites for hydroxylation is 2. The van der Waals surface area contributed by atoms with E-state index in [1.807, 2.05) is 19.1 Å². The second kappa shape index (κ2) is 7.01. The molecule has 3 heterocycles. The highest BCUT2D eigenvalue weighted by atomic mass is 16.5. The van der Waals surface area contributed by atoms with Gasteiger partial charge in [0, 0.05) is 38.6 Å². The lowest BCUT2D eigenvalue weighted by molar-refractivity contribution is -0.157. The number of carboxylic acid groups (broad SMARTS) is 1. The van der Waals surface area contributed by atoms with Gasteiger partial charge in [-0.2, -0.15) is 0 Å². The number of carbonyl (C=O) groups is 2. The van der Waals surface area contributed by atoms with E-state index in [0.29, 0.717) is 37.1 Å². The molecule has 0 radical (unpaired) electrons. The lowest BCUT2D eigenvalue weighted by Gasteiger charge is -2.33. The van der Waals surface area contributed by atoms with Gasteiger partial charge in [-0.15, -0.1) is 0 Å². The van der Waals surface area contributed by atoms with Crippen molar-refractivity contribution < 1.29 is 19.4 Å². The van der Waals surface area contributed by atoms with Crippen molar-refractivity contribution in [3.05, 3.63) is 40.4 Å². The first kappa shape index (κ1) is 18.6. The molecular formula is C20H23N3O5. The summed E-state index contributed by atoms with van der Waals surface area (Å²) in [5, 5.41) is 10.3. The first-order chi connectivity index (χ1) is 13.4. The number of carboxylic acids is 1. The first-order valence-electron chi connectivity index (χ1n) is 9.46. The van der Waals surface area contributed by atoms with Crippen molar-refractivity contribution in [1.29, 1.82) is 0 Å². The minimum atomic E-state index is -0.910. The minimum Gasteiger partial charge on any atom is -0.481 e. The van der Waals surface area contributed by atoms with Crippen molar-refractivity contribution >= 4 is 22.8 Å². The van der Waals surface area contributed by atoms with Crippen LogP contribution in [0.2, 0.25) is 0 Å². The number of nitrogens with zero attached hydrogens (tertiary/aromatic N) is 3. The average molecular weight is 385 g/mol. The summed E-state index contributed by atoms with van der Waals surface area (Å²) in [6.07, 6.45) is 2.02. The molecule has 2 fully saturated rings. The predicted molar refractivity (Wildman–Crippen MR) is 101 cm³/mol. The molecule has 8 heteroatoms. The molecule has 1 N–H and O–H groups in total. The maximum atomic E-state index is 12.7. The first-order valence-corrected chi connectivity index (χ1v) is 9.46. The molecule has 2 aromatic rings. The second-order valence-corrected chi connectivity index (χ2v) is 7.72. The second-order valence-electron chi connectivity index (χ2n) is 7.72. The number of aromatic nitrogens is 2. The Bertz CT molecular complexity index is 1000. The summed E-state index contributed by atoms with van der Waals surface area (Å²) < 4.78 is 6.87. The van der Waals surface area contributed by atoms with Gasteiger partial charge < -0.3 is 14.7 Å². The van der Waals surface area contributed by atoms with Crippen molar-refractivity contribution in [3.8, 4) is 0 Å². The third-order valence-corrected chi connectivity index (χ3v) is 6.11. The third-order valence-electron chi connectivity index (χ3n) is 6.11. The number of hydrogen-bond donors (Lipinski definition) is 1. The molecule has 0 unspecified atom stereocenters. The van der Waals surface area contributed by atoms with Crippen LogP contribution in [0.25, 0.3) is 10.9 Å². The number of hydrogen-bond acceptors (Lipinski definition) is 5. The monoisotopic (exact) mass is 385 g/mol. The average Bonchev–Trinajstić information content (AvgIpc) is 3.09. The Balaban J connectivity index is 1.48. The maximum Gasteiger partial charge on any atom is 0.311 e. The highest BCUT2D eigenvalue weighted by Gasteiger charge is 2.54. The number of aliphatic carboxylic acids is 1. The standard InChI is InChI=1S/C20H23N3O5/c1-13-3-2-4-15-17(13)21-12-22(18(15)25)7-5-16(24)23-9-14-10-28-8-6-20(14,11-23)19(26)27/h2-4,12,14H,5-11H2,1H3,(H,26,27)/t14-,20+/m0/s1. The molecular weight excluding hydrogens is 362 g/mol. The van der Waals surface area contributed by atoms with E-state index < -0.39 is 11.4 Å². The van der Waals surface area contributed by atoms with Gasteiger partial charge in [0.2, 0.25) is 5.91 Å². The molecule has 2 saturated heterocycles. The Morgan fingerprint density at radius 3 is 2.96 bits per heavy atom. The Hall–Kier alpha value is -2.74. The van der Waals surface area contributed by atoms with Crippen molar-refractivity contribution in [3.63, 3.8) is 0 Å². The molecule has 0 aliphatic carbocycles. The van der Waals surface area contributed by atoms with E-state index in [1.165, 1.54) is 10.9 Å². The van der Waals surface area contributed by atoms with Crippen LogP contribution in [0.1, 0.15) is 18.4 Å². The van der Waals surface area contributed by atoms with Crippen LogP contribution in [0.5, 0.6) is 0 Å². The van der Waals surface area contributed by atoms with Crippen LogP contribution in [-0.2, 0) is 20.9 Å². The summed E-state index contributed by atoms with van der Waals surface area (Å²) in [6.45, 7) is 3.48. The maximum absolute atomic E-state index is 12.7. The van der Waals surface area contributed by atoms with E-state index >= 15 is 0 Å². The predicted octanol–water partition coefficient (Wildman–Crippen LogP) is 1.04. The zero-order valence-corrected chi connectivity index (χ0v) is 15.8. The summed E-state index contributed by atoms with van der Waals surface area (Å²) in [4.78, 5) is 43.2. The number of rotatable bonds is 4. The Labute approximate surface area is 161 Å². The number of amides is 1. The molecule has 0 bridgehead atoms. The van der Waals surface area contributed by atoms with Crippen LogP contribution in [0.15, 0.2) is 29.3 Å². The number of fused-ring (bicyclic) bond motifs is 2. The zero-order valence-electron chi connectivity index (χ0n) is 15.8. The Morgan fingerprint density at radius 1 is 1.39 bits per heavy atom. The van der Waals surface area contributed by atoms with Crippen molar-refractivity contribution in [2.45, 2.75) is 26.3 Å². The molecule has 148 valence electrons. The quantitative estimate of drug-likeness (QED) is 0.844. The van der Waals surface area contributed by atoms with E-state index in [2.05, 4.69) is 4.98 Å². The van der Waals surface area contributed by atoms with Crippen LogP contribution in [0, 0.1) is 18.3 Å². The Morgan fingerprint density at radius 2 is 2.21 bits per heavy atom. The SMILES string of the molecule is Cc1cccc2c(=O)n(CCC(=O)N3C[C@H]4COCC[C@@]4(C(=O)O)C3)cnc12. The van der Waals surface area contributed by atoms with Crippen molar-refractivity contribution in [2.24, 2.45) is 11.3 Å². The molecule has 1 aromatic heterocycles. The van der Waals surface area contributed by atoms with Crippen LogP contribution in [0.3, 0.4) is 0 Å². The highest BCUT2D eigenvalue weighted by molar-refractivity contribution is 5.82. The van der Waals surface area contributed by atoms with Crippen LogP contribution in [-0.4, -0.2) is 57.7 Å². The molecule has 0 saturated carbocycles. The normalized spacial score (nSPS) is 24.3. The van der Waals surface area contributed by atoms with Crippen molar-refractivity contribution in [2.75, 3.05) is 26.3 Å². The topological polar surface area (TPSA) is 102 Å². The van der Waals surface area contributed by atoms with E-state index in [-0.39, 0.29) is 36.9 Å². The lowest BCUT2D eigenvalue weighted by Crippen LogP contribution is -2.45. The fraction of sp³-hybridized carbons (Fsp3) is 0.500. The van der Waals surface area contributed by atoms with Gasteiger partial charge in [0.25, 0.3) is 5.56 Å². The molecule has 1 aromatic carbocycles. The fourth-order valence-corrected chi connectivity index (χ4v) is 4.36. The number of benzene rings is 1. The van der Waals surface area contributed by atoms with Crippen LogP contribution >= 0.6 is 0 Å². The summed E-state index contributed by atoms with van der Waals surface area (Å²) in [7, 11) is 0. The van der Waals surface area contributed by atoms with Crippen LogP contribution in [0.4, 0.5) is 0 Å². The lowest BCUT2D eigenvalue weighted by atomic mass is 9.74. The highest BCUT2D eigenvalue weighted by Crippen LogP contribution is 2.42. The number of ether oxygens (including phenoxy) is 1. The summed E-state index contributed by atoms with van der Waals surface area (Å²) in [5.74, 6) is -1.19. The third kappa shape index (κ3) is 2.97. The molecule has 2 atom stereocenters. The summed E-state index contributed by atoms with van der Waals surface area (Å²) >= 11 is 0. The molecule has 2 aliphatic heterocycles. The van der Waals surface area contributed by atoms with E-state index in [4.69, 9.17) is 4.74 Å². The van der Waals surface area contributed by atoms with E-state index in [1.54, 1.807) is 11.0 Å². The smallest absolute Gasteiger partial charge is 0.311 e. The molecule has 1 amide bonds. The molecule has 2 aliphatic rings. The largest absolute Gasteiger partial charge is 0.481 e. The van der Waals surface area contributed by atoms with Gasteiger partial charge in [-0.1, -0.05) is 12.1 Å². The van der Waals surface area contributed by atoms with Gasteiger partial charge in [0.05, 0.1) is 29.3 Å². The van der Waals surface area contributed by atoms with Gasteiger partial charge in [0.1, 0.15) is 0 Å². The molecule has 8 nitrogen and oxygen atoms in total. The Kier molecular flexibility index (Phi) is 4.66. The van der Waals surface area contributed by atoms with Gasteiger partial charge in [-0.3, -0.25) is 19.0 Å². The summed E-state index contributed by atoms with van der Waals surface area (Å²) in [5.41, 5.74) is 0.514. The molecule has 4 rings (SSSR count). The number of carbonyl (C=O) groups excluding carboxylic acids is 1.